The van der Waals surface area contributed by atoms with Gasteiger partial charge >= 0.3 is 12.0 Å². The van der Waals surface area contributed by atoms with Gasteiger partial charge in [0.2, 0.25) is 0 Å². The van der Waals surface area contributed by atoms with Gasteiger partial charge in [-0.1, -0.05) is 13.3 Å². The summed E-state index contributed by atoms with van der Waals surface area (Å²) in [7, 11) is 0. The molecule has 5 nitrogen and oxygen atoms in total. The SMILES string of the molecule is CC1CCC(CNC(=O)NC2C3CCC(C3)C2C(=O)O)C1. The van der Waals surface area contributed by atoms with Crippen LogP contribution in [0, 0.1) is 29.6 Å². The highest BCUT2D eigenvalue weighted by Crippen LogP contribution is 2.48. The molecule has 0 saturated heterocycles. The molecule has 3 rings (SSSR count). The minimum atomic E-state index is -0.753. The van der Waals surface area contributed by atoms with E-state index in [1.54, 1.807) is 0 Å². The van der Waals surface area contributed by atoms with E-state index in [0.29, 0.717) is 18.4 Å². The zero-order valence-electron chi connectivity index (χ0n) is 12.7. The Morgan fingerprint density at radius 2 is 1.86 bits per heavy atom. The normalized spacial score (nSPS) is 41.2. The molecule has 0 radical (unpaired) electrons. The standard InChI is InChI=1S/C16H26N2O3/c1-9-2-3-10(6-9)8-17-16(21)18-14-12-5-4-11(7-12)13(14)15(19)20/h9-14H,2-8H2,1H3,(H,19,20)(H2,17,18,21). The number of aliphatic carboxylic acids is 1. The van der Waals surface area contributed by atoms with Crippen LogP contribution in [0.3, 0.4) is 0 Å². The smallest absolute Gasteiger partial charge is 0.315 e. The lowest BCUT2D eigenvalue weighted by atomic mass is 9.84. The minimum Gasteiger partial charge on any atom is -0.481 e. The fourth-order valence-corrected chi connectivity index (χ4v) is 4.80. The van der Waals surface area contributed by atoms with Gasteiger partial charge in [-0.25, -0.2) is 4.79 Å². The van der Waals surface area contributed by atoms with Crippen LogP contribution in [0.1, 0.15) is 45.4 Å². The third-order valence-electron chi connectivity index (χ3n) is 5.85. The molecule has 5 heteroatoms. The van der Waals surface area contributed by atoms with E-state index in [4.69, 9.17) is 0 Å². The molecule has 21 heavy (non-hydrogen) atoms. The zero-order valence-corrected chi connectivity index (χ0v) is 12.7. The van der Waals surface area contributed by atoms with Crippen molar-refractivity contribution in [3.05, 3.63) is 0 Å². The molecule has 0 spiro atoms. The van der Waals surface area contributed by atoms with Gasteiger partial charge in [0.15, 0.2) is 0 Å². The van der Waals surface area contributed by atoms with Gasteiger partial charge < -0.3 is 15.7 Å². The Morgan fingerprint density at radius 1 is 1.10 bits per heavy atom. The third-order valence-corrected chi connectivity index (χ3v) is 5.85. The van der Waals surface area contributed by atoms with Crippen LogP contribution in [0.15, 0.2) is 0 Å². The summed E-state index contributed by atoms with van der Waals surface area (Å²) in [6.45, 7) is 2.97. The van der Waals surface area contributed by atoms with E-state index in [9.17, 15) is 14.7 Å². The molecule has 0 aromatic heterocycles. The lowest BCUT2D eigenvalue weighted by molar-refractivity contribution is -0.144. The maximum atomic E-state index is 12.1. The molecule has 2 amide bonds. The van der Waals surface area contributed by atoms with E-state index in [-0.39, 0.29) is 23.9 Å². The average Bonchev–Trinajstić information content (AvgIpc) is 3.11. The molecule has 0 aliphatic heterocycles. The number of carboxylic acid groups (broad SMARTS) is 1. The second-order valence-corrected chi connectivity index (χ2v) is 7.36. The first-order valence-electron chi connectivity index (χ1n) is 8.31. The summed E-state index contributed by atoms with van der Waals surface area (Å²) in [5, 5.41) is 15.3. The minimum absolute atomic E-state index is 0.177. The number of carbonyl (C=O) groups excluding carboxylic acids is 1. The Labute approximate surface area is 125 Å². The Balaban J connectivity index is 1.49. The second kappa shape index (κ2) is 5.85. The number of fused-ring (bicyclic) bond motifs is 2. The fraction of sp³-hybridized carbons (Fsp3) is 0.875. The number of rotatable bonds is 4. The lowest BCUT2D eigenvalue weighted by Gasteiger charge is -2.29. The molecule has 3 aliphatic carbocycles. The van der Waals surface area contributed by atoms with Gasteiger partial charge in [0.25, 0.3) is 0 Å². The van der Waals surface area contributed by atoms with Crippen molar-refractivity contribution in [2.24, 2.45) is 29.6 Å². The number of urea groups is 1. The van der Waals surface area contributed by atoms with Crippen LogP contribution >= 0.6 is 0 Å². The molecular formula is C16H26N2O3. The van der Waals surface area contributed by atoms with E-state index in [0.717, 1.165) is 25.2 Å². The first kappa shape index (κ1) is 14.7. The van der Waals surface area contributed by atoms with Gasteiger partial charge in [-0.3, -0.25) is 4.79 Å². The Bertz CT molecular complexity index is 426. The summed E-state index contributed by atoms with van der Waals surface area (Å²) >= 11 is 0. The van der Waals surface area contributed by atoms with E-state index >= 15 is 0 Å². The van der Waals surface area contributed by atoms with E-state index in [1.807, 2.05) is 0 Å². The molecule has 0 aromatic carbocycles. The summed E-state index contributed by atoms with van der Waals surface area (Å²) in [4.78, 5) is 23.5. The number of carbonyl (C=O) groups is 2. The number of amides is 2. The van der Waals surface area contributed by atoms with Gasteiger partial charge in [0.1, 0.15) is 0 Å². The highest BCUT2D eigenvalue weighted by Gasteiger charge is 2.51. The summed E-state index contributed by atoms with van der Waals surface area (Å²) < 4.78 is 0. The van der Waals surface area contributed by atoms with Crippen molar-refractivity contribution in [3.63, 3.8) is 0 Å². The monoisotopic (exact) mass is 294 g/mol. The van der Waals surface area contributed by atoms with Crippen LogP contribution in [-0.4, -0.2) is 29.7 Å². The van der Waals surface area contributed by atoms with Crippen molar-refractivity contribution in [1.29, 1.82) is 0 Å². The van der Waals surface area contributed by atoms with E-state index < -0.39 is 5.97 Å². The molecule has 3 saturated carbocycles. The Morgan fingerprint density at radius 3 is 2.52 bits per heavy atom. The predicted octanol–water partition coefficient (Wildman–Crippen LogP) is 2.22. The predicted molar refractivity (Wildman–Crippen MR) is 78.8 cm³/mol. The largest absolute Gasteiger partial charge is 0.481 e. The number of hydrogen-bond acceptors (Lipinski definition) is 2. The van der Waals surface area contributed by atoms with Crippen molar-refractivity contribution in [2.45, 2.75) is 51.5 Å². The number of hydrogen-bond donors (Lipinski definition) is 3. The molecule has 3 aliphatic rings. The first-order valence-corrected chi connectivity index (χ1v) is 8.31. The summed E-state index contributed by atoms with van der Waals surface area (Å²) in [6, 6.07) is -0.359. The maximum Gasteiger partial charge on any atom is 0.315 e. The summed E-state index contributed by atoms with van der Waals surface area (Å²) in [5.41, 5.74) is 0. The van der Waals surface area contributed by atoms with Gasteiger partial charge in [-0.15, -0.1) is 0 Å². The summed E-state index contributed by atoms with van der Waals surface area (Å²) in [6.07, 6.45) is 6.64. The van der Waals surface area contributed by atoms with Crippen molar-refractivity contribution in [3.8, 4) is 0 Å². The average molecular weight is 294 g/mol. The molecule has 0 aromatic rings. The van der Waals surface area contributed by atoms with Crippen LogP contribution in [0.25, 0.3) is 0 Å². The molecule has 6 unspecified atom stereocenters. The first-order chi connectivity index (χ1) is 10.0. The number of carboxylic acids is 1. The lowest BCUT2D eigenvalue weighted by Crippen LogP contribution is -2.50. The zero-order chi connectivity index (χ0) is 15.0. The van der Waals surface area contributed by atoms with Crippen LogP contribution in [0.4, 0.5) is 4.79 Å². The maximum absolute atomic E-state index is 12.1. The molecule has 0 heterocycles. The Kier molecular flexibility index (Phi) is 4.09. The molecular weight excluding hydrogens is 268 g/mol. The quantitative estimate of drug-likeness (QED) is 0.744. The molecule has 3 N–H and O–H groups in total. The van der Waals surface area contributed by atoms with Gasteiger partial charge in [-0.05, 0) is 55.8 Å². The van der Waals surface area contributed by atoms with Crippen molar-refractivity contribution >= 4 is 12.0 Å². The van der Waals surface area contributed by atoms with Crippen molar-refractivity contribution in [2.75, 3.05) is 6.54 Å². The second-order valence-electron chi connectivity index (χ2n) is 7.36. The highest BCUT2D eigenvalue weighted by atomic mass is 16.4. The molecule has 6 atom stereocenters. The number of nitrogens with one attached hydrogen (secondary N) is 2. The van der Waals surface area contributed by atoms with Crippen LogP contribution < -0.4 is 10.6 Å². The van der Waals surface area contributed by atoms with Crippen molar-refractivity contribution in [1.82, 2.24) is 10.6 Å². The molecule has 118 valence electrons. The molecule has 3 fully saturated rings. The molecule has 2 bridgehead atoms. The van der Waals surface area contributed by atoms with Gasteiger partial charge in [-0.2, -0.15) is 0 Å². The summed E-state index contributed by atoms with van der Waals surface area (Å²) in [5.74, 6) is 0.822. The fourth-order valence-electron chi connectivity index (χ4n) is 4.80. The van der Waals surface area contributed by atoms with Crippen LogP contribution in [0.5, 0.6) is 0 Å². The Hall–Kier alpha value is -1.26. The van der Waals surface area contributed by atoms with Crippen LogP contribution in [0.2, 0.25) is 0 Å². The van der Waals surface area contributed by atoms with Gasteiger partial charge in [0.05, 0.1) is 5.92 Å². The highest BCUT2D eigenvalue weighted by molar-refractivity contribution is 5.77. The van der Waals surface area contributed by atoms with E-state index in [2.05, 4.69) is 17.6 Å². The van der Waals surface area contributed by atoms with E-state index in [1.165, 1.54) is 19.3 Å². The third kappa shape index (κ3) is 3.01. The van der Waals surface area contributed by atoms with Crippen LogP contribution in [-0.2, 0) is 4.79 Å². The topological polar surface area (TPSA) is 78.4 Å². The van der Waals surface area contributed by atoms with Gasteiger partial charge in [0, 0.05) is 12.6 Å². The van der Waals surface area contributed by atoms with Crippen molar-refractivity contribution < 1.29 is 14.7 Å².